The molecule has 3 heteroatoms. The van der Waals surface area contributed by atoms with Crippen LogP contribution in [0.3, 0.4) is 0 Å². The normalized spacial score (nSPS) is 47.4. The van der Waals surface area contributed by atoms with Crippen LogP contribution in [0.5, 0.6) is 0 Å². The van der Waals surface area contributed by atoms with E-state index in [1.165, 1.54) is 32.1 Å². The van der Waals surface area contributed by atoms with Gasteiger partial charge in [0.05, 0.1) is 6.10 Å². The molecule has 0 amide bonds. The number of aliphatic hydroxyl groups is 1. The maximum absolute atomic E-state index is 10.9. The van der Waals surface area contributed by atoms with Crippen molar-refractivity contribution in [1.82, 2.24) is 0 Å². The van der Waals surface area contributed by atoms with Crippen molar-refractivity contribution in [2.75, 3.05) is 0 Å². The first kappa shape index (κ1) is 19.5. The fourth-order valence-corrected chi connectivity index (χ4v) is 8.16. The summed E-state index contributed by atoms with van der Waals surface area (Å²) in [5.74, 6) is 2.58. The smallest absolute Gasteiger partial charge is 0.0577 e. The molecule has 1 N–H and O–H groups in total. The Hall–Kier alpha value is -0.830. The molecule has 0 bridgehead atoms. The average Bonchev–Trinajstić information content (AvgIpc) is 2.97. The van der Waals surface area contributed by atoms with Crippen molar-refractivity contribution in [3.8, 4) is 0 Å². The highest BCUT2D eigenvalue weighted by atomic mass is 16.4. The van der Waals surface area contributed by atoms with Gasteiger partial charge in [-0.05, 0) is 105 Å². The summed E-state index contributed by atoms with van der Waals surface area (Å²) in [6, 6.07) is 0. The minimum atomic E-state index is -0.900. The summed E-state index contributed by atoms with van der Waals surface area (Å²) in [5.41, 5.74) is 2.23. The first-order valence-corrected chi connectivity index (χ1v) is 11.3. The van der Waals surface area contributed by atoms with Crippen LogP contribution in [-0.4, -0.2) is 17.2 Å². The van der Waals surface area contributed by atoms with Gasteiger partial charge in [-0.3, -0.25) is 0 Å². The summed E-state index contributed by atoms with van der Waals surface area (Å²) in [5, 5.41) is 21.1. The number of hydrogen-bond donors (Lipinski definition) is 1. The van der Waals surface area contributed by atoms with Crippen LogP contribution in [0.4, 0.5) is 0 Å². The Bertz CT molecular complexity index is 625. The van der Waals surface area contributed by atoms with E-state index < -0.39 is 5.97 Å². The Morgan fingerprint density at radius 2 is 2.00 bits per heavy atom. The van der Waals surface area contributed by atoms with Crippen LogP contribution in [0.1, 0.15) is 85.0 Å². The third-order valence-electron chi connectivity index (χ3n) is 9.64. The molecule has 3 fully saturated rings. The highest BCUT2D eigenvalue weighted by Gasteiger charge is 2.59. The third-order valence-corrected chi connectivity index (χ3v) is 9.64. The lowest BCUT2D eigenvalue weighted by Crippen LogP contribution is -2.50. The standard InChI is InChI=1S/C24H38O3/c1-15(4-9-22(26)27)19-7-8-20-18-6-5-16-14-17(25)10-12-23(16,2)21(18)11-13-24(19,20)3/h5,15,17-21,25H,4,6-14H2,1-3H3,(H,26,27)/p-1/t15-,17+,18+,19+,20-,21+,23+,24-/m1/s1. The predicted octanol–water partition coefficient (Wildman–Crippen LogP) is 4.09. The van der Waals surface area contributed by atoms with E-state index in [9.17, 15) is 15.0 Å². The Morgan fingerprint density at radius 1 is 1.22 bits per heavy atom. The summed E-state index contributed by atoms with van der Waals surface area (Å²) >= 11 is 0. The van der Waals surface area contributed by atoms with Crippen LogP contribution in [0, 0.1) is 40.4 Å². The number of hydrogen-bond acceptors (Lipinski definition) is 3. The van der Waals surface area contributed by atoms with Gasteiger partial charge >= 0.3 is 0 Å². The van der Waals surface area contributed by atoms with Gasteiger partial charge in [-0.25, -0.2) is 0 Å². The monoisotopic (exact) mass is 373 g/mol. The Balaban J connectivity index is 1.54. The third kappa shape index (κ3) is 3.09. The zero-order valence-corrected chi connectivity index (χ0v) is 17.4. The van der Waals surface area contributed by atoms with E-state index in [-0.39, 0.29) is 12.5 Å². The molecule has 3 nitrogen and oxygen atoms in total. The van der Waals surface area contributed by atoms with Gasteiger partial charge in [0.2, 0.25) is 0 Å². The van der Waals surface area contributed by atoms with Gasteiger partial charge in [0.25, 0.3) is 0 Å². The highest BCUT2D eigenvalue weighted by molar-refractivity contribution is 5.64. The number of fused-ring (bicyclic) bond motifs is 5. The zero-order valence-electron chi connectivity index (χ0n) is 17.4. The van der Waals surface area contributed by atoms with E-state index in [1.807, 2.05) is 0 Å². The quantitative estimate of drug-likeness (QED) is 0.755. The summed E-state index contributed by atoms with van der Waals surface area (Å²) in [6.45, 7) is 7.28. The maximum Gasteiger partial charge on any atom is 0.0577 e. The Labute approximate surface area is 164 Å². The van der Waals surface area contributed by atoms with E-state index in [4.69, 9.17) is 0 Å². The molecular formula is C24H37O3-. The molecule has 4 aliphatic carbocycles. The first-order chi connectivity index (χ1) is 12.8. The number of carbonyl (C=O) groups excluding carboxylic acids is 1. The molecule has 0 unspecified atom stereocenters. The van der Waals surface area contributed by atoms with Crippen molar-refractivity contribution in [1.29, 1.82) is 0 Å². The molecule has 0 aromatic rings. The molecule has 0 spiro atoms. The van der Waals surface area contributed by atoms with E-state index in [0.717, 1.165) is 43.4 Å². The maximum atomic E-state index is 10.9. The summed E-state index contributed by atoms with van der Waals surface area (Å²) in [4.78, 5) is 10.9. The van der Waals surface area contributed by atoms with Crippen molar-refractivity contribution in [2.24, 2.45) is 40.4 Å². The number of aliphatic hydroxyl groups excluding tert-OH is 1. The van der Waals surface area contributed by atoms with Crippen molar-refractivity contribution in [3.63, 3.8) is 0 Å². The minimum Gasteiger partial charge on any atom is -0.550 e. The fourth-order valence-electron chi connectivity index (χ4n) is 8.16. The van der Waals surface area contributed by atoms with Crippen LogP contribution in [0.2, 0.25) is 0 Å². The van der Waals surface area contributed by atoms with E-state index in [1.54, 1.807) is 5.57 Å². The largest absolute Gasteiger partial charge is 0.550 e. The molecule has 4 aliphatic rings. The minimum absolute atomic E-state index is 0.129. The van der Waals surface area contributed by atoms with Crippen molar-refractivity contribution >= 4 is 5.97 Å². The molecule has 0 radical (unpaired) electrons. The molecule has 0 saturated heterocycles. The van der Waals surface area contributed by atoms with Gasteiger partial charge < -0.3 is 15.0 Å². The molecule has 27 heavy (non-hydrogen) atoms. The summed E-state index contributed by atoms with van der Waals surface area (Å²) in [7, 11) is 0. The highest BCUT2D eigenvalue weighted by Crippen LogP contribution is 2.67. The lowest BCUT2D eigenvalue weighted by Gasteiger charge is -2.58. The van der Waals surface area contributed by atoms with Gasteiger partial charge in [-0.15, -0.1) is 0 Å². The van der Waals surface area contributed by atoms with Gasteiger partial charge in [0.15, 0.2) is 0 Å². The predicted molar refractivity (Wildman–Crippen MR) is 105 cm³/mol. The number of aliphatic carboxylic acids is 1. The van der Waals surface area contributed by atoms with Crippen LogP contribution in [-0.2, 0) is 4.79 Å². The Morgan fingerprint density at radius 3 is 2.74 bits per heavy atom. The molecule has 0 aliphatic heterocycles. The number of rotatable bonds is 4. The second-order valence-electron chi connectivity index (χ2n) is 10.8. The summed E-state index contributed by atoms with van der Waals surface area (Å²) in [6.07, 6.45) is 12.7. The molecule has 0 aromatic heterocycles. The summed E-state index contributed by atoms with van der Waals surface area (Å²) < 4.78 is 0. The number of allylic oxidation sites excluding steroid dienone is 1. The number of carboxylic acid groups (broad SMARTS) is 1. The van der Waals surface area contributed by atoms with Crippen molar-refractivity contribution in [3.05, 3.63) is 11.6 Å². The van der Waals surface area contributed by atoms with Crippen molar-refractivity contribution < 1.29 is 15.0 Å². The molecule has 0 heterocycles. The van der Waals surface area contributed by atoms with E-state index in [0.29, 0.717) is 22.7 Å². The fraction of sp³-hybridized carbons (Fsp3) is 0.875. The SMILES string of the molecule is C[C@H](CCC(=O)[O-])[C@@H]1CC[C@@H]2[C@@H]3CC=C4C[C@@H](O)CC[C@]4(C)[C@H]3CC[C@@]21C. The molecule has 0 aromatic carbocycles. The van der Waals surface area contributed by atoms with E-state index in [2.05, 4.69) is 26.8 Å². The van der Waals surface area contributed by atoms with Gasteiger partial charge in [0.1, 0.15) is 0 Å². The zero-order chi connectivity index (χ0) is 19.4. The topological polar surface area (TPSA) is 60.4 Å². The molecule has 4 rings (SSSR count). The van der Waals surface area contributed by atoms with Crippen LogP contribution in [0.15, 0.2) is 11.6 Å². The number of carboxylic acids is 1. The van der Waals surface area contributed by atoms with Crippen LogP contribution >= 0.6 is 0 Å². The average molecular weight is 374 g/mol. The van der Waals surface area contributed by atoms with Crippen molar-refractivity contribution in [2.45, 2.75) is 91.1 Å². The second kappa shape index (κ2) is 6.90. The Kier molecular flexibility index (Phi) is 4.98. The lowest BCUT2D eigenvalue weighted by molar-refractivity contribution is -0.306. The lowest BCUT2D eigenvalue weighted by atomic mass is 9.47. The van der Waals surface area contributed by atoms with Crippen LogP contribution < -0.4 is 5.11 Å². The molecular weight excluding hydrogens is 336 g/mol. The van der Waals surface area contributed by atoms with Gasteiger partial charge in [-0.1, -0.05) is 32.4 Å². The molecule has 152 valence electrons. The molecule has 8 atom stereocenters. The first-order valence-electron chi connectivity index (χ1n) is 11.3. The van der Waals surface area contributed by atoms with Crippen LogP contribution in [0.25, 0.3) is 0 Å². The van der Waals surface area contributed by atoms with Gasteiger partial charge in [-0.2, -0.15) is 0 Å². The van der Waals surface area contributed by atoms with Gasteiger partial charge in [0, 0.05) is 5.97 Å². The molecule has 3 saturated carbocycles. The number of carbonyl (C=O) groups is 1. The second-order valence-corrected chi connectivity index (χ2v) is 10.8. The van der Waals surface area contributed by atoms with E-state index >= 15 is 0 Å².